The van der Waals surface area contributed by atoms with E-state index in [9.17, 15) is 9.59 Å². The molecule has 0 unspecified atom stereocenters. The Morgan fingerprint density at radius 2 is 1.74 bits per heavy atom. The Morgan fingerprint density at radius 1 is 1.07 bits per heavy atom. The molecule has 0 saturated carbocycles. The number of amides is 1. The molecule has 1 aromatic carbocycles. The first kappa shape index (κ1) is 19.0. The second-order valence-corrected chi connectivity index (χ2v) is 6.91. The number of rotatable bonds is 4. The highest BCUT2D eigenvalue weighted by Gasteiger charge is 2.28. The number of aromatic nitrogens is 1. The van der Waals surface area contributed by atoms with Gasteiger partial charge in [0.25, 0.3) is 5.91 Å². The number of benzene rings is 1. The normalized spacial score (nSPS) is 14.4. The number of aryl methyl sites for hydroxylation is 2. The SMILES string of the molecule is CCOC(=O)c1c(C)[nH]c(C(=O)N2CCN(c3ccccc3C)CC2)c1C. The molecule has 1 fully saturated rings. The summed E-state index contributed by atoms with van der Waals surface area (Å²) in [5.74, 6) is -0.442. The van der Waals surface area contributed by atoms with Crippen molar-refractivity contribution in [1.82, 2.24) is 9.88 Å². The monoisotopic (exact) mass is 369 g/mol. The van der Waals surface area contributed by atoms with Crippen LogP contribution in [-0.2, 0) is 4.74 Å². The Kier molecular flexibility index (Phi) is 5.54. The second kappa shape index (κ2) is 7.86. The Labute approximate surface area is 160 Å². The van der Waals surface area contributed by atoms with E-state index in [4.69, 9.17) is 4.74 Å². The van der Waals surface area contributed by atoms with E-state index in [1.54, 1.807) is 20.8 Å². The van der Waals surface area contributed by atoms with Crippen molar-refractivity contribution in [3.63, 3.8) is 0 Å². The van der Waals surface area contributed by atoms with Crippen LogP contribution in [0, 0.1) is 20.8 Å². The van der Waals surface area contributed by atoms with Crippen molar-refractivity contribution in [2.75, 3.05) is 37.7 Å². The predicted molar refractivity (Wildman–Crippen MR) is 106 cm³/mol. The number of para-hydroxylation sites is 1. The quantitative estimate of drug-likeness (QED) is 0.841. The summed E-state index contributed by atoms with van der Waals surface area (Å²) in [6, 6.07) is 8.31. The van der Waals surface area contributed by atoms with Crippen molar-refractivity contribution in [3.8, 4) is 0 Å². The number of aromatic amines is 1. The fourth-order valence-electron chi connectivity index (χ4n) is 3.70. The summed E-state index contributed by atoms with van der Waals surface area (Å²) in [5, 5.41) is 0. The molecule has 1 aromatic heterocycles. The lowest BCUT2D eigenvalue weighted by molar-refractivity contribution is 0.0525. The minimum absolute atomic E-state index is 0.0596. The van der Waals surface area contributed by atoms with Crippen molar-refractivity contribution >= 4 is 17.6 Å². The topological polar surface area (TPSA) is 65.6 Å². The molecule has 1 N–H and O–H groups in total. The van der Waals surface area contributed by atoms with Crippen LogP contribution < -0.4 is 4.90 Å². The maximum absolute atomic E-state index is 13.0. The third-order valence-electron chi connectivity index (χ3n) is 5.15. The highest BCUT2D eigenvalue weighted by molar-refractivity contribution is 6.00. The summed E-state index contributed by atoms with van der Waals surface area (Å²) in [5.41, 5.74) is 4.76. The van der Waals surface area contributed by atoms with E-state index in [2.05, 4.69) is 28.9 Å². The average molecular weight is 369 g/mol. The van der Waals surface area contributed by atoms with Gasteiger partial charge in [-0.15, -0.1) is 0 Å². The Morgan fingerprint density at radius 3 is 2.37 bits per heavy atom. The first-order chi connectivity index (χ1) is 12.9. The minimum atomic E-state index is -0.382. The molecule has 27 heavy (non-hydrogen) atoms. The number of esters is 1. The van der Waals surface area contributed by atoms with Crippen LogP contribution in [0.2, 0.25) is 0 Å². The van der Waals surface area contributed by atoms with Gasteiger partial charge in [-0.05, 0) is 44.9 Å². The zero-order chi connectivity index (χ0) is 19.6. The van der Waals surface area contributed by atoms with Crippen LogP contribution in [-0.4, -0.2) is 54.5 Å². The predicted octanol–water partition coefficient (Wildman–Crippen LogP) is 3.08. The first-order valence-corrected chi connectivity index (χ1v) is 9.40. The van der Waals surface area contributed by atoms with Crippen LogP contribution >= 0.6 is 0 Å². The summed E-state index contributed by atoms with van der Waals surface area (Å²) in [6.07, 6.45) is 0. The molecular weight excluding hydrogens is 342 g/mol. The minimum Gasteiger partial charge on any atom is -0.462 e. The van der Waals surface area contributed by atoms with Gasteiger partial charge in [-0.2, -0.15) is 0 Å². The van der Waals surface area contributed by atoms with Crippen LogP contribution in [0.15, 0.2) is 24.3 Å². The number of hydrogen-bond acceptors (Lipinski definition) is 4. The number of carbonyl (C=O) groups excluding carboxylic acids is 2. The number of piperazine rings is 1. The van der Waals surface area contributed by atoms with Gasteiger partial charge in [0.15, 0.2) is 0 Å². The van der Waals surface area contributed by atoms with Gasteiger partial charge in [0.1, 0.15) is 5.69 Å². The van der Waals surface area contributed by atoms with E-state index >= 15 is 0 Å². The first-order valence-electron chi connectivity index (χ1n) is 9.40. The third kappa shape index (κ3) is 3.70. The number of anilines is 1. The lowest BCUT2D eigenvalue weighted by Gasteiger charge is -2.36. The largest absolute Gasteiger partial charge is 0.462 e. The lowest BCUT2D eigenvalue weighted by Crippen LogP contribution is -2.49. The second-order valence-electron chi connectivity index (χ2n) is 6.91. The Hall–Kier alpha value is -2.76. The van der Waals surface area contributed by atoms with Crippen LogP contribution in [0.4, 0.5) is 5.69 Å². The number of nitrogens with one attached hydrogen (secondary N) is 1. The number of ether oxygens (including phenoxy) is 1. The van der Waals surface area contributed by atoms with Gasteiger partial charge in [-0.1, -0.05) is 18.2 Å². The molecular formula is C21H27N3O3. The molecule has 0 aliphatic carbocycles. The fraction of sp³-hybridized carbons (Fsp3) is 0.429. The van der Waals surface area contributed by atoms with E-state index in [0.29, 0.717) is 42.2 Å². The molecule has 0 bridgehead atoms. The van der Waals surface area contributed by atoms with Gasteiger partial charge in [0, 0.05) is 37.6 Å². The highest BCUT2D eigenvalue weighted by Crippen LogP contribution is 2.23. The van der Waals surface area contributed by atoms with Gasteiger partial charge >= 0.3 is 5.97 Å². The molecule has 0 atom stereocenters. The summed E-state index contributed by atoms with van der Waals surface area (Å²) in [7, 11) is 0. The Bertz CT molecular complexity index is 848. The third-order valence-corrected chi connectivity index (χ3v) is 5.15. The molecule has 0 radical (unpaired) electrons. The zero-order valence-electron chi connectivity index (χ0n) is 16.5. The zero-order valence-corrected chi connectivity index (χ0v) is 16.5. The van der Waals surface area contributed by atoms with Crippen LogP contribution in [0.25, 0.3) is 0 Å². The number of H-pyrrole nitrogens is 1. The average Bonchev–Trinajstić information content (AvgIpc) is 2.96. The van der Waals surface area contributed by atoms with Crippen LogP contribution in [0.3, 0.4) is 0 Å². The van der Waals surface area contributed by atoms with E-state index < -0.39 is 0 Å². The van der Waals surface area contributed by atoms with Gasteiger partial charge in [0.05, 0.1) is 12.2 Å². The number of carbonyl (C=O) groups is 2. The fourth-order valence-corrected chi connectivity index (χ4v) is 3.70. The lowest BCUT2D eigenvalue weighted by atomic mass is 10.1. The van der Waals surface area contributed by atoms with Crippen molar-refractivity contribution in [2.24, 2.45) is 0 Å². The summed E-state index contributed by atoms with van der Waals surface area (Å²) < 4.78 is 5.11. The van der Waals surface area contributed by atoms with Gasteiger partial charge in [0.2, 0.25) is 0 Å². The van der Waals surface area contributed by atoms with Crippen LogP contribution in [0.1, 0.15) is 44.6 Å². The van der Waals surface area contributed by atoms with E-state index in [1.807, 2.05) is 17.0 Å². The highest BCUT2D eigenvalue weighted by atomic mass is 16.5. The molecule has 2 aromatic rings. The molecule has 1 saturated heterocycles. The van der Waals surface area contributed by atoms with Gasteiger partial charge in [-0.25, -0.2) is 4.79 Å². The molecule has 6 heteroatoms. The standard InChI is InChI=1S/C21H27N3O3/c1-5-27-21(26)18-15(3)19(22-16(18)4)20(25)24-12-10-23(11-13-24)17-9-7-6-8-14(17)2/h6-9,22H,5,10-13H2,1-4H3. The van der Waals surface area contributed by atoms with Crippen molar-refractivity contribution in [2.45, 2.75) is 27.7 Å². The number of nitrogens with zero attached hydrogens (tertiary/aromatic N) is 2. The van der Waals surface area contributed by atoms with Crippen molar-refractivity contribution in [1.29, 1.82) is 0 Å². The molecule has 1 aliphatic rings. The number of hydrogen-bond donors (Lipinski definition) is 1. The summed E-state index contributed by atoms with van der Waals surface area (Å²) in [6.45, 7) is 10.7. The van der Waals surface area contributed by atoms with Gasteiger partial charge in [-0.3, -0.25) is 4.79 Å². The summed E-state index contributed by atoms with van der Waals surface area (Å²) >= 11 is 0. The Balaban J connectivity index is 1.72. The van der Waals surface area contributed by atoms with Crippen molar-refractivity contribution in [3.05, 3.63) is 52.3 Å². The molecule has 144 valence electrons. The summed E-state index contributed by atoms with van der Waals surface area (Å²) in [4.78, 5) is 32.4. The smallest absolute Gasteiger partial charge is 0.340 e. The van der Waals surface area contributed by atoms with Crippen LogP contribution in [0.5, 0.6) is 0 Å². The maximum atomic E-state index is 13.0. The maximum Gasteiger partial charge on any atom is 0.340 e. The molecule has 2 heterocycles. The van der Waals surface area contributed by atoms with E-state index in [-0.39, 0.29) is 11.9 Å². The molecule has 6 nitrogen and oxygen atoms in total. The molecule has 0 spiro atoms. The molecule has 3 rings (SSSR count). The van der Waals surface area contributed by atoms with E-state index in [1.165, 1.54) is 11.3 Å². The molecule has 1 amide bonds. The van der Waals surface area contributed by atoms with E-state index in [0.717, 1.165) is 13.1 Å². The molecule has 1 aliphatic heterocycles. The van der Waals surface area contributed by atoms with Crippen molar-refractivity contribution < 1.29 is 14.3 Å². The van der Waals surface area contributed by atoms with Gasteiger partial charge < -0.3 is 19.5 Å².